The number of aryl methyl sites for hydroxylation is 1. The molecule has 3 aromatic rings. The number of benzene rings is 2. The molecule has 3 atom stereocenters. The molecule has 9 heteroatoms. The van der Waals surface area contributed by atoms with E-state index >= 15 is 0 Å². The molecule has 1 unspecified atom stereocenters. The van der Waals surface area contributed by atoms with Crippen molar-refractivity contribution in [1.82, 2.24) is 9.55 Å². The van der Waals surface area contributed by atoms with Crippen molar-refractivity contribution in [2.75, 3.05) is 19.1 Å². The molecule has 0 bridgehead atoms. The summed E-state index contributed by atoms with van der Waals surface area (Å²) >= 11 is 6.36. The zero-order chi connectivity index (χ0) is 26.3. The summed E-state index contributed by atoms with van der Waals surface area (Å²) in [5.74, 6) is 0.416. The maximum Gasteiger partial charge on any atom is 0.414 e. The predicted molar refractivity (Wildman–Crippen MR) is 142 cm³/mol. The van der Waals surface area contributed by atoms with Crippen LogP contribution in [0.1, 0.15) is 62.0 Å². The van der Waals surface area contributed by atoms with E-state index in [0.29, 0.717) is 30.0 Å². The minimum Gasteiger partial charge on any atom is -0.497 e. The highest BCUT2D eigenvalue weighted by Crippen LogP contribution is 2.41. The van der Waals surface area contributed by atoms with Crippen LogP contribution in [0.5, 0.6) is 5.75 Å². The van der Waals surface area contributed by atoms with Crippen molar-refractivity contribution in [2.45, 2.75) is 64.0 Å². The van der Waals surface area contributed by atoms with Crippen LogP contribution >= 0.6 is 11.6 Å². The second-order valence-electron chi connectivity index (χ2n) is 10.1. The minimum absolute atomic E-state index is 0.0209. The Morgan fingerprint density at radius 2 is 1.97 bits per heavy atom. The first-order valence-corrected chi connectivity index (χ1v) is 13.1. The molecule has 1 amide bonds. The summed E-state index contributed by atoms with van der Waals surface area (Å²) in [6.07, 6.45) is 4.75. The number of anilines is 1. The number of carboxylic acid groups (broad SMARTS) is 1. The highest BCUT2D eigenvalue weighted by atomic mass is 35.5. The molecule has 2 aliphatic rings. The number of carbonyl (C=O) groups excluding carboxylic acids is 1. The average Bonchev–Trinajstić information content (AvgIpc) is 3.25. The van der Waals surface area contributed by atoms with Crippen molar-refractivity contribution >= 4 is 40.4 Å². The van der Waals surface area contributed by atoms with Crippen molar-refractivity contribution in [3.8, 4) is 5.75 Å². The number of rotatable bonds is 5. The van der Waals surface area contributed by atoms with Crippen LogP contribution in [0.3, 0.4) is 0 Å². The lowest BCUT2D eigenvalue weighted by atomic mass is 9.85. The summed E-state index contributed by atoms with van der Waals surface area (Å²) in [4.78, 5) is 31.3. The van der Waals surface area contributed by atoms with Crippen molar-refractivity contribution in [1.29, 1.82) is 0 Å². The van der Waals surface area contributed by atoms with Gasteiger partial charge in [-0.05, 0) is 74.9 Å². The molecule has 1 N–H and O–H groups in total. The summed E-state index contributed by atoms with van der Waals surface area (Å²) < 4.78 is 12.7. The lowest BCUT2D eigenvalue weighted by Crippen LogP contribution is -2.42. The summed E-state index contributed by atoms with van der Waals surface area (Å²) in [5.41, 5.74) is 4.64. The van der Waals surface area contributed by atoms with Gasteiger partial charge in [0, 0.05) is 29.1 Å². The number of imidazole rings is 1. The standard InChI is InChI=1S/C28H32ClN3O5/c1-16-7-8-22-23(31(16)28(35)37-3)9-10-24-26(22)30-25(13-17-11-19(29)15-21(12-17)36-2)32(24)20-6-4-5-18(14-20)27(33)34/h9-12,15-16,18,20H,4-8,13-14H2,1-3H3,(H,33,34)/t16?,18-,20-/m1/s1. The second-order valence-corrected chi connectivity index (χ2v) is 10.5. The summed E-state index contributed by atoms with van der Waals surface area (Å²) in [7, 11) is 3.01. The van der Waals surface area contributed by atoms with Gasteiger partial charge in [-0.3, -0.25) is 9.69 Å². The normalized spacial score (nSPS) is 21.5. The van der Waals surface area contributed by atoms with Crippen molar-refractivity contribution in [3.05, 3.63) is 52.3 Å². The van der Waals surface area contributed by atoms with E-state index in [1.807, 2.05) is 31.2 Å². The fourth-order valence-corrected chi connectivity index (χ4v) is 6.25. The lowest BCUT2D eigenvalue weighted by Gasteiger charge is -2.34. The summed E-state index contributed by atoms with van der Waals surface area (Å²) in [6.45, 7) is 2.02. The maximum atomic E-state index is 12.6. The number of halogens is 1. The summed E-state index contributed by atoms with van der Waals surface area (Å²) in [6, 6.07) is 9.66. The van der Waals surface area contributed by atoms with Gasteiger partial charge in [0.1, 0.15) is 11.6 Å². The predicted octanol–water partition coefficient (Wildman–Crippen LogP) is 6.01. The van der Waals surface area contributed by atoms with Crippen molar-refractivity contribution < 1.29 is 24.2 Å². The fourth-order valence-electron chi connectivity index (χ4n) is 6.00. The zero-order valence-corrected chi connectivity index (χ0v) is 22.1. The molecule has 196 valence electrons. The Morgan fingerprint density at radius 1 is 1.16 bits per heavy atom. The van der Waals surface area contributed by atoms with Gasteiger partial charge < -0.3 is 19.1 Å². The molecule has 8 nitrogen and oxygen atoms in total. The molecule has 1 aliphatic carbocycles. The van der Waals surface area contributed by atoms with Gasteiger partial charge in [-0.25, -0.2) is 9.78 Å². The number of fused-ring (bicyclic) bond motifs is 3. The van der Waals surface area contributed by atoms with Crippen LogP contribution in [0.15, 0.2) is 30.3 Å². The Morgan fingerprint density at radius 3 is 2.70 bits per heavy atom. The third kappa shape index (κ3) is 4.75. The zero-order valence-electron chi connectivity index (χ0n) is 21.4. The second kappa shape index (κ2) is 10.2. The van der Waals surface area contributed by atoms with Crippen LogP contribution < -0.4 is 9.64 Å². The lowest BCUT2D eigenvalue weighted by molar-refractivity contribution is -0.143. The highest BCUT2D eigenvalue weighted by Gasteiger charge is 2.34. The number of ether oxygens (including phenoxy) is 2. The molecule has 1 aliphatic heterocycles. The van der Waals surface area contributed by atoms with Crippen LogP contribution in [0, 0.1) is 5.92 Å². The first-order valence-electron chi connectivity index (χ1n) is 12.8. The molecule has 0 spiro atoms. The molecule has 0 saturated heterocycles. The number of hydrogen-bond donors (Lipinski definition) is 1. The van der Waals surface area contributed by atoms with Crippen LogP contribution in [-0.4, -0.2) is 47.0 Å². The largest absolute Gasteiger partial charge is 0.497 e. The number of methoxy groups -OCH3 is 2. The van der Waals surface area contributed by atoms with E-state index in [-0.39, 0.29) is 24.1 Å². The number of aliphatic carboxylic acids is 1. The molecule has 5 rings (SSSR count). The monoisotopic (exact) mass is 525 g/mol. The first-order chi connectivity index (χ1) is 17.8. The smallest absolute Gasteiger partial charge is 0.414 e. The quantitative estimate of drug-likeness (QED) is 0.438. The van der Waals surface area contributed by atoms with E-state index < -0.39 is 5.97 Å². The van der Waals surface area contributed by atoms with Gasteiger partial charge in [0.25, 0.3) is 0 Å². The van der Waals surface area contributed by atoms with Crippen molar-refractivity contribution in [2.24, 2.45) is 5.92 Å². The molecule has 2 aromatic carbocycles. The van der Waals surface area contributed by atoms with Crippen LogP contribution in [-0.2, 0) is 22.4 Å². The van der Waals surface area contributed by atoms with E-state index in [9.17, 15) is 14.7 Å². The van der Waals surface area contributed by atoms with E-state index in [1.54, 1.807) is 18.1 Å². The molecular formula is C28H32ClN3O5. The molecule has 37 heavy (non-hydrogen) atoms. The molecular weight excluding hydrogens is 494 g/mol. The molecule has 1 saturated carbocycles. The Labute approximate surface area is 221 Å². The highest BCUT2D eigenvalue weighted by molar-refractivity contribution is 6.30. The molecule has 2 heterocycles. The number of aromatic nitrogens is 2. The number of nitrogens with zero attached hydrogens (tertiary/aromatic N) is 3. The number of carboxylic acids is 1. The van der Waals surface area contributed by atoms with Gasteiger partial charge in [0.15, 0.2) is 0 Å². The molecule has 1 fully saturated rings. The Hall–Kier alpha value is -3.26. The third-order valence-corrected chi connectivity index (χ3v) is 8.01. The van der Waals surface area contributed by atoms with Crippen LogP contribution in [0.2, 0.25) is 5.02 Å². The van der Waals surface area contributed by atoms with E-state index in [2.05, 4.69) is 4.57 Å². The van der Waals surface area contributed by atoms with Gasteiger partial charge in [0.2, 0.25) is 0 Å². The van der Waals surface area contributed by atoms with E-state index in [4.69, 9.17) is 26.1 Å². The maximum absolute atomic E-state index is 12.6. The van der Waals surface area contributed by atoms with E-state index in [0.717, 1.165) is 59.4 Å². The van der Waals surface area contributed by atoms with Crippen molar-refractivity contribution in [3.63, 3.8) is 0 Å². The number of carbonyl (C=O) groups is 2. The van der Waals surface area contributed by atoms with Gasteiger partial charge in [-0.15, -0.1) is 0 Å². The van der Waals surface area contributed by atoms with E-state index in [1.165, 1.54) is 7.11 Å². The Bertz CT molecular complexity index is 1350. The minimum atomic E-state index is -0.740. The topological polar surface area (TPSA) is 93.9 Å². The van der Waals surface area contributed by atoms with Gasteiger partial charge in [0.05, 0.1) is 36.9 Å². The molecule has 0 radical (unpaired) electrons. The van der Waals surface area contributed by atoms with Gasteiger partial charge in [-0.1, -0.05) is 18.0 Å². The fraction of sp³-hybridized carbons (Fsp3) is 0.464. The van der Waals surface area contributed by atoms with Crippen LogP contribution in [0.4, 0.5) is 10.5 Å². The van der Waals surface area contributed by atoms with Crippen LogP contribution in [0.25, 0.3) is 11.0 Å². The Balaban J connectivity index is 1.66. The summed E-state index contributed by atoms with van der Waals surface area (Å²) in [5, 5.41) is 10.3. The Kier molecular flexibility index (Phi) is 7.03. The average molecular weight is 526 g/mol. The van der Waals surface area contributed by atoms with Gasteiger partial charge >= 0.3 is 12.1 Å². The molecule has 1 aromatic heterocycles. The van der Waals surface area contributed by atoms with Gasteiger partial charge in [-0.2, -0.15) is 0 Å². The number of amides is 1. The SMILES string of the molecule is COC(=O)N1c2ccc3c(nc(Cc4cc(Cl)cc(OC)c4)n3[C@@H]3CCC[C@@H](C(=O)O)C3)c2CCC1C. The third-order valence-electron chi connectivity index (χ3n) is 7.79. The number of hydrogen-bond acceptors (Lipinski definition) is 5. The first kappa shape index (κ1) is 25.4.